The van der Waals surface area contributed by atoms with Crippen LogP contribution in [0, 0.1) is 0 Å². The quantitative estimate of drug-likeness (QED) is 0.471. The van der Waals surface area contributed by atoms with Crippen LogP contribution in [0.25, 0.3) is 6.08 Å². The average Bonchev–Trinajstić information content (AvgIpc) is 2.56. The first-order valence-corrected chi connectivity index (χ1v) is 6.83. The van der Waals surface area contributed by atoms with Crippen molar-refractivity contribution in [3.8, 4) is 11.5 Å². The van der Waals surface area contributed by atoms with Gasteiger partial charge in [-0.1, -0.05) is 6.08 Å². The van der Waals surface area contributed by atoms with E-state index >= 15 is 0 Å². The Morgan fingerprint density at radius 3 is 2.43 bits per heavy atom. The molecule has 0 aliphatic rings. The van der Waals surface area contributed by atoms with Crippen molar-refractivity contribution in [2.24, 2.45) is 0 Å². The molecule has 1 N–H and O–H groups in total. The third-order valence-corrected chi connectivity index (χ3v) is 3.11. The van der Waals surface area contributed by atoms with Gasteiger partial charge in [0.05, 0.1) is 27.8 Å². The average molecular weight is 320 g/mol. The predicted octanol–water partition coefficient (Wildman–Crippen LogP) is 2.25. The Balaban J connectivity index is 3.33. The zero-order valence-corrected chi connectivity index (χ0v) is 13.4. The van der Waals surface area contributed by atoms with Crippen molar-refractivity contribution in [1.82, 2.24) is 0 Å². The highest BCUT2D eigenvalue weighted by molar-refractivity contribution is 5.98. The number of phenols is 1. The fraction of sp³-hybridized carbons (Fsp3) is 0.294. The number of allylic oxidation sites excluding steroid dienone is 1. The van der Waals surface area contributed by atoms with Crippen LogP contribution in [-0.2, 0) is 25.5 Å². The van der Waals surface area contributed by atoms with Gasteiger partial charge in [-0.2, -0.15) is 0 Å². The number of carbonyl (C=O) groups excluding carboxylic acids is 2. The number of hydrogen-bond donors (Lipinski definition) is 1. The van der Waals surface area contributed by atoms with Gasteiger partial charge in [0.25, 0.3) is 0 Å². The third-order valence-electron chi connectivity index (χ3n) is 3.11. The van der Waals surface area contributed by atoms with Crippen molar-refractivity contribution in [3.05, 3.63) is 41.5 Å². The summed E-state index contributed by atoms with van der Waals surface area (Å²) >= 11 is 0. The molecule has 0 atom stereocenters. The lowest BCUT2D eigenvalue weighted by Crippen LogP contribution is -2.11. The molecule has 0 aliphatic carbocycles. The van der Waals surface area contributed by atoms with Crippen LogP contribution in [0.4, 0.5) is 0 Å². The lowest BCUT2D eigenvalue weighted by molar-refractivity contribution is -0.143. The Morgan fingerprint density at radius 1 is 1.22 bits per heavy atom. The normalized spacial score (nSPS) is 10.8. The summed E-state index contributed by atoms with van der Waals surface area (Å²) in [5.74, 6) is -0.915. The number of aromatic hydroxyl groups is 1. The van der Waals surface area contributed by atoms with E-state index in [1.54, 1.807) is 18.2 Å². The molecule has 0 saturated heterocycles. The van der Waals surface area contributed by atoms with Crippen LogP contribution in [-0.4, -0.2) is 38.4 Å². The molecule has 0 amide bonds. The Labute approximate surface area is 135 Å². The van der Waals surface area contributed by atoms with Crippen LogP contribution in [0.3, 0.4) is 0 Å². The van der Waals surface area contributed by atoms with Crippen LogP contribution >= 0.6 is 0 Å². The van der Waals surface area contributed by atoms with Crippen LogP contribution in [0.5, 0.6) is 11.5 Å². The summed E-state index contributed by atoms with van der Waals surface area (Å²) in [5.41, 5.74) is 1.31. The van der Waals surface area contributed by atoms with Crippen molar-refractivity contribution in [2.45, 2.75) is 12.8 Å². The second kappa shape index (κ2) is 8.63. The molecule has 0 aromatic heterocycles. The van der Waals surface area contributed by atoms with Gasteiger partial charge in [0.2, 0.25) is 0 Å². The Kier molecular flexibility index (Phi) is 6.86. The molecule has 23 heavy (non-hydrogen) atoms. The highest BCUT2D eigenvalue weighted by Crippen LogP contribution is 2.33. The van der Waals surface area contributed by atoms with Crippen molar-refractivity contribution >= 4 is 18.0 Å². The molecule has 0 radical (unpaired) electrons. The molecule has 0 heterocycles. The summed E-state index contributed by atoms with van der Waals surface area (Å²) in [5, 5.41) is 10.1. The molecule has 1 rings (SSSR count). The maximum atomic E-state index is 11.8. The molecular formula is C17H20O6. The van der Waals surface area contributed by atoms with E-state index in [0.717, 1.165) is 0 Å². The fourth-order valence-electron chi connectivity index (χ4n) is 1.98. The summed E-state index contributed by atoms with van der Waals surface area (Å²) in [6.07, 6.45) is 3.34. The molecule has 6 heteroatoms. The van der Waals surface area contributed by atoms with Gasteiger partial charge >= 0.3 is 11.9 Å². The maximum absolute atomic E-state index is 11.8. The number of phenolic OH excluding ortho intramolecular Hbond substituents is 1. The lowest BCUT2D eigenvalue weighted by atomic mass is 10.0. The predicted molar refractivity (Wildman–Crippen MR) is 85.2 cm³/mol. The summed E-state index contributed by atoms with van der Waals surface area (Å²) in [6, 6.07) is 3.24. The number of benzene rings is 1. The lowest BCUT2D eigenvalue weighted by Gasteiger charge is -2.10. The van der Waals surface area contributed by atoms with Crippen LogP contribution in [0.1, 0.15) is 17.5 Å². The SMILES string of the molecule is C=CCc1cc(/C=C(/CC(=O)OC)C(=O)OC)cc(OC)c1O. The molecule has 0 aliphatic heterocycles. The van der Waals surface area contributed by atoms with Crippen molar-refractivity contribution in [3.63, 3.8) is 0 Å². The van der Waals surface area contributed by atoms with Gasteiger partial charge in [-0.15, -0.1) is 6.58 Å². The third kappa shape index (κ3) is 4.88. The first-order valence-electron chi connectivity index (χ1n) is 6.83. The highest BCUT2D eigenvalue weighted by Gasteiger charge is 2.16. The Hall–Kier alpha value is -2.76. The minimum Gasteiger partial charge on any atom is -0.504 e. The van der Waals surface area contributed by atoms with E-state index in [1.807, 2.05) is 0 Å². The number of rotatable bonds is 7. The van der Waals surface area contributed by atoms with Gasteiger partial charge in [0.15, 0.2) is 11.5 Å². The van der Waals surface area contributed by atoms with Crippen molar-refractivity contribution in [2.75, 3.05) is 21.3 Å². The maximum Gasteiger partial charge on any atom is 0.334 e. The van der Waals surface area contributed by atoms with Crippen LogP contribution < -0.4 is 4.74 Å². The number of methoxy groups -OCH3 is 3. The van der Waals surface area contributed by atoms with Crippen molar-refractivity contribution < 1.29 is 28.9 Å². The van der Waals surface area contributed by atoms with Gasteiger partial charge < -0.3 is 19.3 Å². The molecule has 124 valence electrons. The standard InChI is InChI=1S/C17H20O6/c1-5-6-12-7-11(9-14(21-2)16(12)19)8-13(17(20)23-4)10-15(18)22-3/h5,7-9,19H,1,6,10H2,2-4H3/b13-8-. The molecule has 0 fully saturated rings. The highest BCUT2D eigenvalue weighted by atomic mass is 16.5. The summed E-state index contributed by atoms with van der Waals surface area (Å²) in [4.78, 5) is 23.2. The van der Waals surface area contributed by atoms with Gasteiger partial charge in [-0.05, 0) is 30.2 Å². The van der Waals surface area contributed by atoms with E-state index in [1.165, 1.54) is 27.4 Å². The minimum atomic E-state index is -0.632. The van der Waals surface area contributed by atoms with Gasteiger partial charge in [-0.25, -0.2) is 4.79 Å². The van der Waals surface area contributed by atoms with Crippen LogP contribution in [0.2, 0.25) is 0 Å². The Morgan fingerprint density at radius 2 is 1.91 bits per heavy atom. The number of carbonyl (C=O) groups is 2. The van der Waals surface area contributed by atoms with E-state index in [0.29, 0.717) is 17.5 Å². The number of esters is 2. The fourth-order valence-corrected chi connectivity index (χ4v) is 1.98. The molecule has 0 saturated carbocycles. The Bertz CT molecular complexity index is 630. The number of ether oxygens (including phenoxy) is 3. The van der Waals surface area contributed by atoms with Gasteiger partial charge in [0, 0.05) is 11.1 Å². The van der Waals surface area contributed by atoms with Crippen molar-refractivity contribution in [1.29, 1.82) is 0 Å². The molecule has 6 nitrogen and oxygen atoms in total. The van der Waals surface area contributed by atoms with Gasteiger partial charge in [0.1, 0.15) is 0 Å². The molecule has 0 spiro atoms. The van der Waals surface area contributed by atoms with E-state index in [-0.39, 0.29) is 23.5 Å². The van der Waals surface area contributed by atoms with E-state index < -0.39 is 11.9 Å². The summed E-state index contributed by atoms with van der Waals surface area (Å²) < 4.78 is 14.4. The van der Waals surface area contributed by atoms with Gasteiger partial charge in [-0.3, -0.25) is 4.79 Å². The topological polar surface area (TPSA) is 82.1 Å². The van der Waals surface area contributed by atoms with E-state index in [2.05, 4.69) is 16.1 Å². The largest absolute Gasteiger partial charge is 0.504 e. The van der Waals surface area contributed by atoms with E-state index in [4.69, 9.17) is 4.74 Å². The summed E-state index contributed by atoms with van der Waals surface area (Å²) in [6.45, 7) is 3.63. The molecule has 0 unspecified atom stereocenters. The van der Waals surface area contributed by atoms with Crippen LogP contribution in [0.15, 0.2) is 30.4 Å². The molecule has 0 bridgehead atoms. The first kappa shape index (κ1) is 18.3. The molecule has 1 aromatic carbocycles. The number of hydrogen-bond acceptors (Lipinski definition) is 6. The minimum absolute atomic E-state index is 0.0112. The molecule has 1 aromatic rings. The first-order chi connectivity index (χ1) is 11.0. The second-order valence-electron chi connectivity index (χ2n) is 4.64. The zero-order valence-electron chi connectivity index (χ0n) is 13.4. The monoisotopic (exact) mass is 320 g/mol. The summed E-state index contributed by atoms with van der Waals surface area (Å²) in [7, 11) is 3.90. The van der Waals surface area contributed by atoms with E-state index in [9.17, 15) is 14.7 Å². The smallest absolute Gasteiger partial charge is 0.334 e. The molecular weight excluding hydrogens is 300 g/mol. The second-order valence-corrected chi connectivity index (χ2v) is 4.64. The zero-order chi connectivity index (χ0) is 17.4.